The summed E-state index contributed by atoms with van der Waals surface area (Å²) in [5.41, 5.74) is -0.0657. The van der Waals surface area contributed by atoms with Crippen molar-refractivity contribution in [2.75, 3.05) is 0 Å². The molecule has 0 unspecified atom stereocenters. The van der Waals surface area contributed by atoms with Gasteiger partial charge in [-0.15, -0.1) is 0 Å². The first-order valence-electron chi connectivity index (χ1n) is 9.18. The van der Waals surface area contributed by atoms with Crippen LogP contribution in [-0.2, 0) is 24.1 Å². The van der Waals surface area contributed by atoms with E-state index in [4.69, 9.17) is 9.15 Å². The van der Waals surface area contributed by atoms with Crippen LogP contribution in [-0.4, -0.2) is 5.91 Å². The number of alkyl halides is 3. The van der Waals surface area contributed by atoms with Gasteiger partial charge in [-0.05, 0) is 35.9 Å². The van der Waals surface area contributed by atoms with Crippen LogP contribution in [0.5, 0.6) is 5.75 Å². The predicted molar refractivity (Wildman–Crippen MR) is 106 cm³/mol. The van der Waals surface area contributed by atoms with Gasteiger partial charge < -0.3 is 14.5 Å². The van der Waals surface area contributed by atoms with Crippen molar-refractivity contribution >= 4 is 12.0 Å². The SMILES string of the molecule is N#C/C(=C\c1ccc(COc2cccc(C(F)(F)F)c2)o1)C(=O)NCc1ccccc1. The van der Waals surface area contributed by atoms with E-state index in [1.54, 1.807) is 6.07 Å². The van der Waals surface area contributed by atoms with Gasteiger partial charge in [0.25, 0.3) is 5.91 Å². The molecule has 0 aliphatic rings. The normalized spacial score (nSPS) is 11.6. The lowest BCUT2D eigenvalue weighted by atomic mass is 10.2. The van der Waals surface area contributed by atoms with Crippen molar-refractivity contribution in [1.82, 2.24) is 5.32 Å². The summed E-state index contributed by atoms with van der Waals surface area (Å²) in [4.78, 5) is 12.2. The molecule has 0 spiro atoms. The Morgan fingerprint density at radius 3 is 2.58 bits per heavy atom. The molecule has 0 aliphatic heterocycles. The summed E-state index contributed by atoms with van der Waals surface area (Å²) < 4.78 is 49.1. The fourth-order valence-electron chi connectivity index (χ4n) is 2.63. The first-order chi connectivity index (χ1) is 14.8. The Kier molecular flexibility index (Phi) is 6.78. The Balaban J connectivity index is 1.60. The summed E-state index contributed by atoms with van der Waals surface area (Å²) in [6.45, 7) is 0.157. The molecule has 1 amide bonds. The number of benzene rings is 2. The molecular formula is C23H17F3N2O3. The molecule has 0 aliphatic carbocycles. The van der Waals surface area contributed by atoms with Gasteiger partial charge in [-0.1, -0.05) is 36.4 Å². The summed E-state index contributed by atoms with van der Waals surface area (Å²) in [6.07, 6.45) is -3.18. The van der Waals surface area contributed by atoms with Crippen LogP contribution in [0.3, 0.4) is 0 Å². The van der Waals surface area contributed by atoms with E-state index < -0.39 is 17.6 Å². The van der Waals surface area contributed by atoms with Crippen molar-refractivity contribution in [3.63, 3.8) is 0 Å². The van der Waals surface area contributed by atoms with Gasteiger partial charge in [0.1, 0.15) is 35.5 Å². The molecule has 8 heteroatoms. The number of carbonyl (C=O) groups excluding carboxylic acids is 1. The van der Waals surface area contributed by atoms with Crippen LogP contribution < -0.4 is 10.1 Å². The summed E-state index contributed by atoms with van der Waals surface area (Å²) in [6, 6.07) is 18.7. The zero-order valence-corrected chi connectivity index (χ0v) is 16.1. The monoisotopic (exact) mass is 426 g/mol. The predicted octanol–water partition coefficient (Wildman–Crippen LogP) is 5.10. The van der Waals surface area contributed by atoms with Crippen molar-refractivity contribution in [3.05, 3.63) is 95.0 Å². The zero-order valence-electron chi connectivity index (χ0n) is 16.1. The topological polar surface area (TPSA) is 75.3 Å². The fraction of sp³-hybridized carbons (Fsp3) is 0.130. The third kappa shape index (κ3) is 6.24. The van der Waals surface area contributed by atoms with Crippen LogP contribution in [0, 0.1) is 11.3 Å². The minimum absolute atomic E-state index is 0.0429. The molecule has 0 radical (unpaired) electrons. The maximum atomic E-state index is 12.8. The van der Waals surface area contributed by atoms with Gasteiger partial charge in [0, 0.05) is 12.6 Å². The van der Waals surface area contributed by atoms with Crippen LogP contribution in [0.1, 0.15) is 22.6 Å². The van der Waals surface area contributed by atoms with Crippen LogP contribution in [0.15, 0.2) is 76.7 Å². The van der Waals surface area contributed by atoms with Crippen molar-refractivity contribution < 1.29 is 27.1 Å². The van der Waals surface area contributed by atoms with Crippen molar-refractivity contribution in [1.29, 1.82) is 5.26 Å². The first kappa shape index (κ1) is 21.7. The lowest BCUT2D eigenvalue weighted by molar-refractivity contribution is -0.137. The highest BCUT2D eigenvalue weighted by atomic mass is 19.4. The van der Waals surface area contributed by atoms with E-state index in [1.165, 1.54) is 24.3 Å². The molecule has 158 valence electrons. The molecule has 0 fully saturated rings. The van der Waals surface area contributed by atoms with Gasteiger partial charge in [0.15, 0.2) is 0 Å². The fourth-order valence-corrected chi connectivity index (χ4v) is 2.63. The number of hydrogen-bond acceptors (Lipinski definition) is 4. The smallest absolute Gasteiger partial charge is 0.416 e. The number of nitrogens with one attached hydrogen (secondary N) is 1. The van der Waals surface area contributed by atoms with Gasteiger partial charge in [0.2, 0.25) is 0 Å². The van der Waals surface area contributed by atoms with E-state index in [0.29, 0.717) is 5.76 Å². The second-order valence-electron chi connectivity index (χ2n) is 6.46. The first-order valence-corrected chi connectivity index (χ1v) is 9.18. The number of furan rings is 1. The zero-order chi connectivity index (χ0) is 22.3. The van der Waals surface area contributed by atoms with E-state index >= 15 is 0 Å². The second kappa shape index (κ2) is 9.67. The molecule has 5 nitrogen and oxygen atoms in total. The minimum Gasteiger partial charge on any atom is -0.486 e. The lowest BCUT2D eigenvalue weighted by Gasteiger charge is -2.09. The number of nitrogens with zero attached hydrogens (tertiary/aromatic N) is 1. The number of rotatable bonds is 7. The van der Waals surface area contributed by atoms with Crippen LogP contribution in [0.2, 0.25) is 0 Å². The Labute approximate surface area is 176 Å². The average Bonchev–Trinajstić information content (AvgIpc) is 3.22. The Morgan fingerprint density at radius 1 is 1.10 bits per heavy atom. The van der Waals surface area contributed by atoms with Crippen molar-refractivity contribution in [3.8, 4) is 11.8 Å². The van der Waals surface area contributed by atoms with Crippen LogP contribution in [0.25, 0.3) is 6.08 Å². The van der Waals surface area contributed by atoms with E-state index in [0.717, 1.165) is 17.7 Å². The highest BCUT2D eigenvalue weighted by molar-refractivity contribution is 6.01. The van der Waals surface area contributed by atoms with Crippen LogP contribution in [0.4, 0.5) is 13.2 Å². The number of amides is 1. The number of hydrogen-bond donors (Lipinski definition) is 1. The summed E-state index contributed by atoms with van der Waals surface area (Å²) in [5.74, 6) is 0.0607. The molecule has 0 saturated heterocycles. The third-order valence-electron chi connectivity index (χ3n) is 4.17. The van der Waals surface area contributed by atoms with Crippen LogP contribution >= 0.6 is 0 Å². The van der Waals surface area contributed by atoms with Gasteiger partial charge in [-0.2, -0.15) is 18.4 Å². The molecule has 0 atom stereocenters. The Bertz CT molecular complexity index is 1110. The molecule has 0 saturated carbocycles. The molecule has 3 rings (SSSR count). The summed E-state index contributed by atoms with van der Waals surface area (Å²) in [7, 11) is 0. The Morgan fingerprint density at radius 2 is 1.87 bits per heavy atom. The molecule has 1 aromatic heterocycles. The van der Waals surface area contributed by atoms with Gasteiger partial charge in [0.05, 0.1) is 5.56 Å². The standard InChI is InChI=1S/C23H17F3N2O3/c24-23(25,26)18-7-4-8-19(12-18)30-15-21-10-9-20(31-21)11-17(13-27)22(29)28-14-16-5-2-1-3-6-16/h1-12H,14-15H2,(H,28,29)/b17-11+. The van der Waals surface area contributed by atoms with Gasteiger partial charge >= 0.3 is 6.18 Å². The highest BCUT2D eigenvalue weighted by Crippen LogP contribution is 2.31. The second-order valence-corrected chi connectivity index (χ2v) is 6.46. The number of halogens is 3. The molecule has 31 heavy (non-hydrogen) atoms. The molecule has 3 aromatic rings. The number of carbonyl (C=O) groups is 1. The lowest BCUT2D eigenvalue weighted by Crippen LogP contribution is -2.23. The molecular weight excluding hydrogens is 409 g/mol. The van der Waals surface area contributed by atoms with E-state index in [9.17, 15) is 23.2 Å². The largest absolute Gasteiger partial charge is 0.486 e. The van der Waals surface area contributed by atoms with Crippen molar-refractivity contribution in [2.45, 2.75) is 19.3 Å². The molecule has 2 aromatic carbocycles. The molecule has 0 bridgehead atoms. The maximum Gasteiger partial charge on any atom is 0.416 e. The molecule has 1 N–H and O–H groups in total. The Hall–Kier alpha value is -3.99. The summed E-state index contributed by atoms with van der Waals surface area (Å²) >= 11 is 0. The quantitative estimate of drug-likeness (QED) is 0.421. The summed E-state index contributed by atoms with van der Waals surface area (Å²) in [5, 5.41) is 11.9. The highest BCUT2D eigenvalue weighted by Gasteiger charge is 2.30. The minimum atomic E-state index is -4.46. The van der Waals surface area contributed by atoms with Gasteiger partial charge in [-0.3, -0.25) is 4.79 Å². The van der Waals surface area contributed by atoms with E-state index in [1.807, 2.05) is 36.4 Å². The van der Waals surface area contributed by atoms with E-state index in [-0.39, 0.29) is 30.2 Å². The average molecular weight is 426 g/mol. The number of ether oxygens (including phenoxy) is 1. The molecule has 1 heterocycles. The third-order valence-corrected chi connectivity index (χ3v) is 4.17. The van der Waals surface area contributed by atoms with Gasteiger partial charge in [-0.25, -0.2) is 0 Å². The maximum absolute atomic E-state index is 12.8. The number of nitriles is 1. The van der Waals surface area contributed by atoms with Crippen molar-refractivity contribution in [2.24, 2.45) is 0 Å². The van der Waals surface area contributed by atoms with E-state index in [2.05, 4.69) is 5.32 Å².